The van der Waals surface area contributed by atoms with Crippen LogP contribution in [0, 0.1) is 11.8 Å². The fourth-order valence-electron chi connectivity index (χ4n) is 2.12. The monoisotopic (exact) mass is 259 g/mol. The first kappa shape index (κ1) is 14.4. The van der Waals surface area contributed by atoms with Crippen LogP contribution >= 0.6 is 0 Å². The van der Waals surface area contributed by atoms with Crippen molar-refractivity contribution in [1.82, 2.24) is 5.32 Å². The average molecular weight is 259 g/mol. The highest BCUT2D eigenvalue weighted by molar-refractivity contribution is 5.85. The first-order valence-electron chi connectivity index (χ1n) is 5.73. The number of hydrogen-bond donors (Lipinski definition) is 3. The third-order valence-electron chi connectivity index (χ3n) is 3.11. The minimum atomic E-state index is -1.43. The Morgan fingerprint density at radius 1 is 1.33 bits per heavy atom. The summed E-state index contributed by atoms with van der Waals surface area (Å²) < 4.78 is 4.29. The highest BCUT2D eigenvalue weighted by Crippen LogP contribution is 2.31. The normalized spacial score (nSPS) is 24.3. The topological polar surface area (TPSA) is 113 Å². The lowest BCUT2D eigenvalue weighted by Crippen LogP contribution is -2.41. The summed E-state index contributed by atoms with van der Waals surface area (Å²) >= 11 is 0. The second-order valence-electron chi connectivity index (χ2n) is 4.27. The van der Waals surface area contributed by atoms with Crippen LogP contribution in [0.5, 0.6) is 0 Å². The summed E-state index contributed by atoms with van der Waals surface area (Å²) in [6, 6.07) is 0. The van der Waals surface area contributed by atoms with E-state index >= 15 is 0 Å². The summed E-state index contributed by atoms with van der Waals surface area (Å²) in [6.07, 6.45) is 0.252. The van der Waals surface area contributed by atoms with Crippen molar-refractivity contribution in [3.63, 3.8) is 0 Å². The van der Waals surface area contributed by atoms with Gasteiger partial charge in [-0.25, -0.2) is 4.79 Å². The van der Waals surface area contributed by atoms with Crippen molar-refractivity contribution >= 4 is 17.8 Å². The van der Waals surface area contributed by atoms with Crippen molar-refractivity contribution in [3.05, 3.63) is 0 Å². The molecule has 7 nitrogen and oxygen atoms in total. The highest BCUT2D eigenvalue weighted by Gasteiger charge is 2.37. The number of carboxylic acid groups (broad SMARTS) is 1. The lowest BCUT2D eigenvalue weighted by molar-refractivity contribution is -0.151. The van der Waals surface area contributed by atoms with E-state index in [4.69, 9.17) is 5.11 Å². The standard InChI is InChI=1S/C11H17NO6/c1-18-11(17)8(13)5-12-9(14)6-3-2-4-7(6)10(15)16/h6-8,13H,2-5H2,1H3,(H,12,14)(H,15,16)/t6-,7+,8?/m1/s1. The second kappa shape index (κ2) is 6.34. The molecule has 0 radical (unpaired) electrons. The molecule has 0 heterocycles. The molecule has 1 aliphatic rings. The third-order valence-corrected chi connectivity index (χ3v) is 3.11. The van der Waals surface area contributed by atoms with Gasteiger partial charge in [0.1, 0.15) is 0 Å². The molecule has 1 amide bonds. The molecule has 7 heteroatoms. The number of amides is 1. The van der Waals surface area contributed by atoms with Gasteiger partial charge in [0.05, 0.1) is 25.5 Å². The minimum absolute atomic E-state index is 0.269. The molecule has 0 saturated heterocycles. The Morgan fingerprint density at radius 2 is 1.94 bits per heavy atom. The van der Waals surface area contributed by atoms with Crippen LogP contribution in [0.2, 0.25) is 0 Å². The molecule has 1 aliphatic carbocycles. The third kappa shape index (κ3) is 3.43. The van der Waals surface area contributed by atoms with Gasteiger partial charge in [0.2, 0.25) is 5.91 Å². The maximum absolute atomic E-state index is 11.7. The Hall–Kier alpha value is -1.63. The highest BCUT2D eigenvalue weighted by atomic mass is 16.5. The number of carbonyl (C=O) groups excluding carboxylic acids is 2. The maximum Gasteiger partial charge on any atom is 0.336 e. The van der Waals surface area contributed by atoms with Gasteiger partial charge in [-0.1, -0.05) is 6.42 Å². The lowest BCUT2D eigenvalue weighted by atomic mass is 9.95. The van der Waals surface area contributed by atoms with Crippen LogP contribution in [0.3, 0.4) is 0 Å². The SMILES string of the molecule is COC(=O)C(O)CNC(=O)[C@@H]1CCC[C@@H]1C(=O)O. The number of aliphatic hydroxyl groups is 1. The number of ether oxygens (including phenoxy) is 1. The summed E-state index contributed by atoms with van der Waals surface area (Å²) in [7, 11) is 1.13. The Balaban J connectivity index is 2.45. The van der Waals surface area contributed by atoms with Crippen molar-refractivity contribution < 1.29 is 29.3 Å². The van der Waals surface area contributed by atoms with Gasteiger partial charge < -0.3 is 20.3 Å². The van der Waals surface area contributed by atoms with Crippen LogP contribution in [-0.2, 0) is 19.1 Å². The number of aliphatic hydroxyl groups excluding tert-OH is 1. The van der Waals surface area contributed by atoms with Crippen LogP contribution in [0.1, 0.15) is 19.3 Å². The van der Waals surface area contributed by atoms with E-state index in [1.54, 1.807) is 0 Å². The van der Waals surface area contributed by atoms with Crippen LogP contribution in [0.15, 0.2) is 0 Å². The quantitative estimate of drug-likeness (QED) is 0.554. The molecule has 0 bridgehead atoms. The fourth-order valence-corrected chi connectivity index (χ4v) is 2.12. The average Bonchev–Trinajstić information content (AvgIpc) is 2.83. The van der Waals surface area contributed by atoms with E-state index < -0.39 is 35.8 Å². The molecule has 0 aromatic carbocycles. The van der Waals surface area contributed by atoms with E-state index in [-0.39, 0.29) is 6.54 Å². The molecular weight excluding hydrogens is 242 g/mol. The molecule has 1 fully saturated rings. The van der Waals surface area contributed by atoms with Crippen LogP contribution in [0.4, 0.5) is 0 Å². The number of rotatable bonds is 5. The van der Waals surface area contributed by atoms with Gasteiger partial charge in [0.25, 0.3) is 0 Å². The molecule has 0 aromatic rings. The predicted molar refractivity (Wildman–Crippen MR) is 59.5 cm³/mol. The lowest BCUT2D eigenvalue weighted by Gasteiger charge is -2.16. The summed E-state index contributed by atoms with van der Waals surface area (Å²) in [4.78, 5) is 33.5. The van der Waals surface area contributed by atoms with E-state index in [1.807, 2.05) is 0 Å². The number of methoxy groups -OCH3 is 1. The molecule has 0 aliphatic heterocycles. The molecule has 1 unspecified atom stereocenters. The zero-order chi connectivity index (χ0) is 13.7. The molecule has 1 saturated carbocycles. The maximum atomic E-state index is 11.7. The Morgan fingerprint density at radius 3 is 2.50 bits per heavy atom. The van der Waals surface area contributed by atoms with Gasteiger partial charge >= 0.3 is 11.9 Å². The van der Waals surface area contributed by atoms with Crippen molar-refractivity contribution in [1.29, 1.82) is 0 Å². The second-order valence-corrected chi connectivity index (χ2v) is 4.27. The summed E-state index contributed by atoms with van der Waals surface area (Å²) in [5.74, 6) is -3.53. The first-order chi connectivity index (χ1) is 8.47. The predicted octanol–water partition coefficient (Wildman–Crippen LogP) is -0.863. The molecule has 1 rings (SSSR count). The molecule has 3 N–H and O–H groups in total. The van der Waals surface area contributed by atoms with Crippen molar-refractivity contribution in [3.8, 4) is 0 Å². The van der Waals surface area contributed by atoms with Gasteiger partial charge in [-0.3, -0.25) is 9.59 Å². The van der Waals surface area contributed by atoms with Gasteiger partial charge in [0.15, 0.2) is 6.10 Å². The zero-order valence-corrected chi connectivity index (χ0v) is 10.1. The first-order valence-corrected chi connectivity index (χ1v) is 5.73. The fraction of sp³-hybridized carbons (Fsp3) is 0.727. The van der Waals surface area contributed by atoms with Gasteiger partial charge in [-0.05, 0) is 12.8 Å². The molecule has 0 spiro atoms. The number of aliphatic carboxylic acids is 1. The molecule has 102 valence electrons. The Labute approximate surface area is 104 Å². The Bertz CT molecular complexity index is 342. The molecular formula is C11H17NO6. The van der Waals surface area contributed by atoms with Crippen molar-refractivity contribution in [2.24, 2.45) is 11.8 Å². The zero-order valence-electron chi connectivity index (χ0n) is 10.1. The smallest absolute Gasteiger partial charge is 0.336 e. The number of carboxylic acids is 1. The van der Waals surface area contributed by atoms with Gasteiger partial charge in [0, 0.05) is 0 Å². The van der Waals surface area contributed by atoms with Crippen LogP contribution in [-0.4, -0.2) is 47.8 Å². The largest absolute Gasteiger partial charge is 0.481 e. The van der Waals surface area contributed by atoms with Gasteiger partial charge in [-0.15, -0.1) is 0 Å². The summed E-state index contributed by atoms with van der Waals surface area (Å²) in [6.45, 7) is -0.269. The molecule has 18 heavy (non-hydrogen) atoms. The van der Waals surface area contributed by atoms with E-state index in [9.17, 15) is 19.5 Å². The molecule has 3 atom stereocenters. The van der Waals surface area contributed by atoms with Crippen molar-refractivity contribution in [2.45, 2.75) is 25.4 Å². The summed E-state index contributed by atoms with van der Waals surface area (Å²) in [5.41, 5.74) is 0. The molecule has 0 aromatic heterocycles. The van der Waals surface area contributed by atoms with Crippen molar-refractivity contribution in [2.75, 3.05) is 13.7 Å². The number of carbonyl (C=O) groups is 3. The van der Waals surface area contributed by atoms with E-state index in [0.29, 0.717) is 19.3 Å². The van der Waals surface area contributed by atoms with E-state index in [1.165, 1.54) is 0 Å². The van der Waals surface area contributed by atoms with E-state index in [0.717, 1.165) is 7.11 Å². The number of nitrogens with one attached hydrogen (secondary N) is 1. The van der Waals surface area contributed by atoms with Crippen LogP contribution in [0.25, 0.3) is 0 Å². The summed E-state index contributed by atoms with van der Waals surface area (Å²) in [5, 5.41) is 20.6. The Kier molecular flexibility index (Phi) is 5.08. The number of esters is 1. The van der Waals surface area contributed by atoms with E-state index in [2.05, 4.69) is 10.1 Å². The minimum Gasteiger partial charge on any atom is -0.481 e. The number of hydrogen-bond acceptors (Lipinski definition) is 5. The van der Waals surface area contributed by atoms with Crippen LogP contribution < -0.4 is 5.32 Å². The van der Waals surface area contributed by atoms with Gasteiger partial charge in [-0.2, -0.15) is 0 Å².